The summed E-state index contributed by atoms with van der Waals surface area (Å²) in [4.78, 5) is -1.89. The van der Waals surface area contributed by atoms with Crippen LogP contribution in [0.4, 0.5) is 0 Å². The molecular formula is C15H35O9P3. The molecule has 12 heteroatoms. The Morgan fingerprint density at radius 3 is 1.04 bits per heavy atom. The van der Waals surface area contributed by atoms with E-state index in [-0.39, 0.29) is 39.6 Å². The van der Waals surface area contributed by atoms with E-state index in [2.05, 4.69) is 0 Å². The summed E-state index contributed by atoms with van der Waals surface area (Å²) in [6.07, 6.45) is -0.504. The first-order valence-corrected chi connectivity index (χ1v) is 14.0. The molecular weight excluding hydrogens is 417 g/mol. The number of rotatable bonds is 16. The Bertz CT molecular complexity index is 507. The van der Waals surface area contributed by atoms with Crippen LogP contribution < -0.4 is 0 Å². The van der Waals surface area contributed by atoms with Gasteiger partial charge in [0.25, 0.3) is 0 Å². The average molecular weight is 452 g/mol. The van der Waals surface area contributed by atoms with Gasteiger partial charge in [-0.05, 0) is 48.5 Å². The van der Waals surface area contributed by atoms with Crippen molar-refractivity contribution in [3.63, 3.8) is 0 Å². The zero-order valence-electron chi connectivity index (χ0n) is 17.5. The van der Waals surface area contributed by atoms with Crippen molar-refractivity contribution in [2.75, 3.05) is 45.8 Å². The third kappa shape index (κ3) is 6.74. The molecule has 0 unspecified atom stereocenters. The third-order valence-corrected chi connectivity index (χ3v) is 12.9. The third-order valence-electron chi connectivity index (χ3n) is 3.52. The zero-order chi connectivity index (χ0) is 21.2. The topological polar surface area (TPSA) is 107 Å². The van der Waals surface area contributed by atoms with E-state index < -0.39 is 33.8 Å². The van der Waals surface area contributed by atoms with Gasteiger partial charge >= 0.3 is 22.8 Å². The molecule has 164 valence electrons. The van der Waals surface area contributed by atoms with Crippen molar-refractivity contribution in [3.8, 4) is 0 Å². The minimum absolute atomic E-state index is 0.0265. The molecule has 0 amide bonds. The Morgan fingerprint density at radius 2 is 0.815 bits per heavy atom. The summed E-state index contributed by atoms with van der Waals surface area (Å²) in [5.41, 5.74) is 0. The second-order valence-corrected chi connectivity index (χ2v) is 12.9. The molecule has 0 spiro atoms. The van der Waals surface area contributed by atoms with Crippen LogP contribution in [0.5, 0.6) is 0 Å². The summed E-state index contributed by atoms with van der Waals surface area (Å²) in [5, 5.41) is 0. The molecule has 0 aromatic heterocycles. The number of hydrogen-bond acceptors (Lipinski definition) is 9. The molecule has 0 heterocycles. The minimum atomic E-state index is -4.11. The smallest absolute Gasteiger partial charge is 0.309 e. The molecule has 0 aromatic carbocycles. The van der Waals surface area contributed by atoms with Crippen molar-refractivity contribution in [2.45, 2.75) is 53.4 Å². The van der Waals surface area contributed by atoms with Crippen molar-refractivity contribution in [1.29, 1.82) is 0 Å². The Morgan fingerprint density at radius 1 is 0.556 bits per heavy atom. The molecule has 0 aliphatic rings. The fourth-order valence-corrected chi connectivity index (χ4v) is 11.2. The van der Waals surface area contributed by atoms with Crippen LogP contribution in [0.25, 0.3) is 0 Å². The molecule has 9 nitrogen and oxygen atoms in total. The SMILES string of the molecule is CCOP(=O)(CC(C)(P(=O)(OCC)OCC)P(=O)(OCC)OCC)OCC. The molecule has 0 N–H and O–H groups in total. The van der Waals surface area contributed by atoms with Crippen molar-refractivity contribution in [1.82, 2.24) is 0 Å². The van der Waals surface area contributed by atoms with E-state index in [4.69, 9.17) is 27.1 Å². The van der Waals surface area contributed by atoms with Crippen molar-refractivity contribution < 1.29 is 40.8 Å². The minimum Gasteiger partial charge on any atom is -0.309 e. The molecule has 0 rings (SSSR count). The van der Waals surface area contributed by atoms with E-state index >= 15 is 0 Å². The molecule has 0 saturated heterocycles. The lowest BCUT2D eigenvalue weighted by atomic mass is 10.5. The van der Waals surface area contributed by atoms with Gasteiger partial charge in [-0.2, -0.15) is 0 Å². The molecule has 0 atom stereocenters. The summed E-state index contributed by atoms with van der Waals surface area (Å²) < 4.78 is 73.1. The van der Waals surface area contributed by atoms with Crippen LogP contribution in [-0.4, -0.2) is 50.7 Å². The summed E-state index contributed by atoms with van der Waals surface area (Å²) in [5.74, 6) is 0. The molecule has 0 aromatic rings. The van der Waals surface area contributed by atoms with Crippen LogP contribution in [0.3, 0.4) is 0 Å². The summed E-state index contributed by atoms with van der Waals surface area (Å²) in [7, 11) is -12.0. The highest BCUT2D eigenvalue weighted by molar-refractivity contribution is 7.75. The first-order chi connectivity index (χ1) is 12.6. The molecule has 0 saturated carbocycles. The molecule has 0 fully saturated rings. The highest BCUT2D eigenvalue weighted by atomic mass is 31.2. The van der Waals surface area contributed by atoms with E-state index in [1.54, 1.807) is 41.5 Å². The van der Waals surface area contributed by atoms with Crippen molar-refractivity contribution >= 4 is 22.8 Å². The second-order valence-electron chi connectivity index (χ2n) is 5.49. The van der Waals surface area contributed by atoms with E-state index in [1.165, 1.54) is 6.92 Å². The monoisotopic (exact) mass is 452 g/mol. The molecule has 0 bridgehead atoms. The maximum atomic E-state index is 13.7. The highest BCUT2D eigenvalue weighted by Gasteiger charge is 2.65. The van der Waals surface area contributed by atoms with Crippen LogP contribution in [-0.2, 0) is 40.8 Å². The van der Waals surface area contributed by atoms with Gasteiger partial charge < -0.3 is 27.1 Å². The van der Waals surface area contributed by atoms with E-state index in [0.717, 1.165) is 0 Å². The van der Waals surface area contributed by atoms with Gasteiger partial charge in [0, 0.05) is 0 Å². The fraction of sp³-hybridized carbons (Fsp3) is 1.00. The quantitative estimate of drug-likeness (QED) is 0.281. The van der Waals surface area contributed by atoms with Gasteiger partial charge in [-0.25, -0.2) is 0 Å². The molecule has 0 radical (unpaired) electrons. The Kier molecular flexibility index (Phi) is 12.4. The first kappa shape index (κ1) is 27.5. The summed E-state index contributed by atoms with van der Waals surface area (Å²) in [6, 6.07) is 0. The Balaban J connectivity index is 6.56. The maximum Gasteiger partial charge on any atom is 0.349 e. The molecule has 27 heavy (non-hydrogen) atoms. The van der Waals surface area contributed by atoms with Crippen LogP contribution in [0.2, 0.25) is 0 Å². The van der Waals surface area contributed by atoms with Gasteiger partial charge in [0.15, 0.2) is 4.90 Å². The van der Waals surface area contributed by atoms with Gasteiger partial charge in [-0.15, -0.1) is 0 Å². The lowest BCUT2D eigenvalue weighted by molar-refractivity contribution is 0.176. The summed E-state index contributed by atoms with van der Waals surface area (Å²) >= 11 is 0. The number of hydrogen-bond donors (Lipinski definition) is 0. The molecule has 0 aliphatic carbocycles. The van der Waals surface area contributed by atoms with Crippen LogP contribution in [0.1, 0.15) is 48.5 Å². The first-order valence-electron chi connectivity index (χ1n) is 9.23. The van der Waals surface area contributed by atoms with Crippen molar-refractivity contribution in [2.24, 2.45) is 0 Å². The van der Waals surface area contributed by atoms with E-state index in [9.17, 15) is 13.7 Å². The van der Waals surface area contributed by atoms with Gasteiger partial charge in [-0.1, -0.05) is 0 Å². The zero-order valence-corrected chi connectivity index (χ0v) is 20.1. The van der Waals surface area contributed by atoms with Gasteiger partial charge in [0.1, 0.15) is 0 Å². The van der Waals surface area contributed by atoms with Gasteiger partial charge in [0.05, 0.1) is 45.8 Å². The summed E-state index contributed by atoms with van der Waals surface area (Å²) in [6.45, 7) is 11.5. The molecule has 0 aliphatic heterocycles. The largest absolute Gasteiger partial charge is 0.349 e. The Hall–Kier alpha value is 0.450. The van der Waals surface area contributed by atoms with E-state index in [1.807, 2.05) is 0 Å². The predicted molar refractivity (Wildman–Crippen MR) is 106 cm³/mol. The van der Waals surface area contributed by atoms with Gasteiger partial charge in [-0.3, -0.25) is 13.7 Å². The standard InChI is InChI=1S/C15H35O9P3/c1-8-19-25(16,20-9-2)14-15(7,26(17,21-10-3)22-11-4)27(18,23-12-5)24-13-6/h8-14H2,1-7H3. The fourth-order valence-electron chi connectivity index (χ4n) is 2.52. The maximum absolute atomic E-state index is 13.7. The lowest BCUT2D eigenvalue weighted by Gasteiger charge is -2.40. The van der Waals surface area contributed by atoms with Gasteiger partial charge in [0.2, 0.25) is 0 Å². The van der Waals surface area contributed by atoms with Crippen molar-refractivity contribution in [3.05, 3.63) is 0 Å². The highest BCUT2D eigenvalue weighted by Crippen LogP contribution is 2.80. The normalized spacial score (nSPS) is 13.9. The van der Waals surface area contributed by atoms with Crippen LogP contribution >= 0.6 is 22.8 Å². The predicted octanol–water partition coefficient (Wildman–Crippen LogP) is 5.50. The van der Waals surface area contributed by atoms with E-state index in [0.29, 0.717) is 0 Å². The lowest BCUT2D eigenvalue weighted by Crippen LogP contribution is -2.34. The van der Waals surface area contributed by atoms with Crippen LogP contribution in [0, 0.1) is 0 Å². The average Bonchev–Trinajstić information content (AvgIpc) is 2.55. The Labute approximate surface area is 163 Å². The van der Waals surface area contributed by atoms with Crippen LogP contribution in [0.15, 0.2) is 0 Å². The second kappa shape index (κ2) is 12.2.